The van der Waals surface area contributed by atoms with Gasteiger partial charge in [-0.2, -0.15) is 0 Å². The molecule has 1 aliphatic carbocycles. The third-order valence-corrected chi connectivity index (χ3v) is 5.05. The van der Waals surface area contributed by atoms with E-state index in [1.165, 1.54) is 25.7 Å². The van der Waals surface area contributed by atoms with Crippen molar-refractivity contribution in [2.24, 2.45) is 0 Å². The Bertz CT molecular complexity index is 538. The maximum Gasteiger partial charge on any atom is 0.253 e. The maximum atomic E-state index is 12.5. The van der Waals surface area contributed by atoms with E-state index in [9.17, 15) is 4.79 Å². The monoisotopic (exact) mass is 346 g/mol. The average molecular weight is 346 g/mol. The predicted molar refractivity (Wildman–Crippen MR) is 98.9 cm³/mol. The Labute approximate surface area is 150 Å². The second-order valence-corrected chi connectivity index (χ2v) is 7.01. The molecule has 0 aromatic carbocycles. The van der Waals surface area contributed by atoms with Crippen molar-refractivity contribution in [3.8, 4) is 0 Å². The number of anilines is 1. The largest absolute Gasteiger partial charge is 0.382 e. The van der Waals surface area contributed by atoms with E-state index in [0.29, 0.717) is 11.6 Å². The van der Waals surface area contributed by atoms with Crippen molar-refractivity contribution in [3.05, 3.63) is 24.0 Å². The molecule has 0 spiro atoms. The van der Waals surface area contributed by atoms with Gasteiger partial charge in [-0.1, -0.05) is 25.7 Å². The number of hydrogen-bond donors (Lipinski definition) is 2. The van der Waals surface area contributed by atoms with Crippen LogP contribution in [0.15, 0.2) is 18.5 Å². The Hall–Kier alpha value is -1.66. The summed E-state index contributed by atoms with van der Waals surface area (Å²) in [5.74, 6) is -0.00349. The number of nitrogens with zero attached hydrogens (tertiary/aromatic N) is 2. The molecule has 1 saturated carbocycles. The van der Waals surface area contributed by atoms with Gasteiger partial charge in [-0.05, 0) is 18.9 Å². The number of pyridine rings is 1. The fraction of sp³-hybridized carbons (Fsp3) is 0.684. The molecular weight excluding hydrogens is 316 g/mol. The first kappa shape index (κ1) is 18.1. The molecule has 1 aromatic heterocycles. The van der Waals surface area contributed by atoms with Gasteiger partial charge in [0.1, 0.15) is 0 Å². The van der Waals surface area contributed by atoms with Crippen LogP contribution in [0, 0.1) is 0 Å². The summed E-state index contributed by atoms with van der Waals surface area (Å²) in [5, 5.41) is 6.56. The minimum Gasteiger partial charge on any atom is -0.382 e. The van der Waals surface area contributed by atoms with Gasteiger partial charge >= 0.3 is 0 Å². The summed E-state index contributed by atoms with van der Waals surface area (Å²) in [6.45, 7) is 5.43. The van der Waals surface area contributed by atoms with Gasteiger partial charge < -0.3 is 15.4 Å². The number of ether oxygens (including phenoxy) is 1. The minimum atomic E-state index is -0.00349. The molecule has 1 amide bonds. The lowest BCUT2D eigenvalue weighted by Gasteiger charge is -2.26. The van der Waals surface area contributed by atoms with Gasteiger partial charge in [0.2, 0.25) is 0 Å². The molecule has 1 aliphatic heterocycles. The topological polar surface area (TPSA) is 66.5 Å². The normalized spacial score (nSPS) is 20.0. The fourth-order valence-electron chi connectivity index (χ4n) is 3.54. The third kappa shape index (κ3) is 5.97. The average Bonchev–Trinajstić information content (AvgIpc) is 2.91. The standard InChI is InChI=1S/C19H30N4O2/c24-19(22-17-5-3-1-2-4-6-17)16-13-18(15-20-14-16)21-7-8-23-9-11-25-12-10-23/h13-15,17,21H,1-12H2,(H,22,24). The Morgan fingerprint density at radius 2 is 1.92 bits per heavy atom. The molecule has 1 saturated heterocycles. The maximum absolute atomic E-state index is 12.5. The SMILES string of the molecule is O=C(NC1CCCCCC1)c1cncc(NCCN2CCOCC2)c1. The van der Waals surface area contributed by atoms with Gasteiger partial charge in [0, 0.05) is 44.6 Å². The highest BCUT2D eigenvalue weighted by Gasteiger charge is 2.16. The Morgan fingerprint density at radius 3 is 2.68 bits per heavy atom. The highest BCUT2D eigenvalue weighted by Crippen LogP contribution is 2.18. The molecule has 25 heavy (non-hydrogen) atoms. The first-order valence-corrected chi connectivity index (χ1v) is 9.61. The van der Waals surface area contributed by atoms with E-state index in [4.69, 9.17) is 4.74 Å². The zero-order valence-electron chi connectivity index (χ0n) is 15.0. The second kappa shape index (κ2) is 9.73. The van der Waals surface area contributed by atoms with Crippen molar-refractivity contribution in [2.75, 3.05) is 44.7 Å². The van der Waals surface area contributed by atoms with Crippen LogP contribution < -0.4 is 10.6 Å². The lowest BCUT2D eigenvalue weighted by atomic mass is 10.1. The molecular formula is C19H30N4O2. The Kier molecular flexibility index (Phi) is 7.06. The van der Waals surface area contributed by atoms with Crippen molar-refractivity contribution < 1.29 is 9.53 Å². The quantitative estimate of drug-likeness (QED) is 0.774. The van der Waals surface area contributed by atoms with Crippen molar-refractivity contribution in [2.45, 2.75) is 44.6 Å². The van der Waals surface area contributed by atoms with Gasteiger partial charge in [0.25, 0.3) is 5.91 Å². The number of amides is 1. The summed E-state index contributed by atoms with van der Waals surface area (Å²) in [6, 6.07) is 2.21. The van der Waals surface area contributed by atoms with Crippen LogP contribution in [0.3, 0.4) is 0 Å². The van der Waals surface area contributed by atoms with Crippen molar-refractivity contribution >= 4 is 11.6 Å². The van der Waals surface area contributed by atoms with Gasteiger partial charge in [-0.25, -0.2) is 0 Å². The first-order chi connectivity index (χ1) is 12.3. The van der Waals surface area contributed by atoms with Crippen molar-refractivity contribution in [3.63, 3.8) is 0 Å². The number of nitrogens with one attached hydrogen (secondary N) is 2. The van der Waals surface area contributed by atoms with Crippen molar-refractivity contribution in [1.29, 1.82) is 0 Å². The van der Waals surface area contributed by atoms with E-state index >= 15 is 0 Å². The summed E-state index contributed by atoms with van der Waals surface area (Å²) in [7, 11) is 0. The first-order valence-electron chi connectivity index (χ1n) is 9.61. The van der Waals surface area contributed by atoms with Crippen LogP contribution >= 0.6 is 0 Å². The molecule has 2 heterocycles. The summed E-state index contributed by atoms with van der Waals surface area (Å²) in [6.07, 6.45) is 10.6. The predicted octanol–water partition coefficient (Wildman–Crippen LogP) is 2.28. The third-order valence-electron chi connectivity index (χ3n) is 5.05. The lowest BCUT2D eigenvalue weighted by molar-refractivity contribution is 0.0398. The summed E-state index contributed by atoms with van der Waals surface area (Å²) in [4.78, 5) is 19.1. The van der Waals surface area contributed by atoms with E-state index in [1.54, 1.807) is 12.4 Å². The van der Waals surface area contributed by atoms with Gasteiger partial charge in [0.05, 0.1) is 24.5 Å². The molecule has 2 N–H and O–H groups in total. The number of carbonyl (C=O) groups excluding carboxylic acids is 1. The second-order valence-electron chi connectivity index (χ2n) is 7.01. The Morgan fingerprint density at radius 1 is 1.16 bits per heavy atom. The van der Waals surface area contributed by atoms with E-state index < -0.39 is 0 Å². The van der Waals surface area contributed by atoms with Crippen LogP contribution in [-0.4, -0.2) is 61.2 Å². The molecule has 2 fully saturated rings. The molecule has 0 unspecified atom stereocenters. The lowest BCUT2D eigenvalue weighted by Crippen LogP contribution is -2.39. The molecule has 1 aromatic rings. The summed E-state index contributed by atoms with van der Waals surface area (Å²) < 4.78 is 5.36. The molecule has 2 aliphatic rings. The summed E-state index contributed by atoms with van der Waals surface area (Å²) >= 11 is 0. The van der Waals surface area contributed by atoms with Crippen molar-refractivity contribution in [1.82, 2.24) is 15.2 Å². The van der Waals surface area contributed by atoms with Gasteiger partial charge in [0.15, 0.2) is 0 Å². The highest BCUT2D eigenvalue weighted by atomic mass is 16.5. The molecule has 138 valence electrons. The molecule has 0 bridgehead atoms. The van der Waals surface area contributed by atoms with Crippen LogP contribution in [0.5, 0.6) is 0 Å². The molecule has 3 rings (SSSR count). The van der Waals surface area contributed by atoms with Crippen LogP contribution in [0.2, 0.25) is 0 Å². The molecule has 6 nitrogen and oxygen atoms in total. The highest BCUT2D eigenvalue weighted by molar-refractivity contribution is 5.94. The van der Waals surface area contributed by atoms with Gasteiger partial charge in [-0.15, -0.1) is 0 Å². The smallest absolute Gasteiger partial charge is 0.253 e. The molecule has 6 heteroatoms. The minimum absolute atomic E-state index is 0.00349. The molecule has 0 atom stereocenters. The fourth-order valence-corrected chi connectivity index (χ4v) is 3.54. The zero-order chi connectivity index (χ0) is 17.3. The van der Waals surface area contributed by atoms with Gasteiger partial charge in [-0.3, -0.25) is 14.7 Å². The van der Waals surface area contributed by atoms with Crippen LogP contribution in [0.4, 0.5) is 5.69 Å². The number of morpholine rings is 1. The van der Waals surface area contributed by atoms with Crippen LogP contribution in [-0.2, 0) is 4.74 Å². The van der Waals surface area contributed by atoms with E-state index in [0.717, 1.165) is 57.9 Å². The number of hydrogen-bond acceptors (Lipinski definition) is 5. The number of aromatic nitrogens is 1. The number of rotatable bonds is 6. The van der Waals surface area contributed by atoms with Crippen LogP contribution in [0.1, 0.15) is 48.9 Å². The van der Waals surface area contributed by atoms with E-state index in [1.807, 2.05) is 6.07 Å². The van der Waals surface area contributed by atoms with E-state index in [-0.39, 0.29) is 5.91 Å². The number of carbonyl (C=O) groups is 1. The molecule has 0 radical (unpaired) electrons. The summed E-state index contributed by atoms with van der Waals surface area (Å²) in [5.41, 5.74) is 1.54. The van der Waals surface area contributed by atoms with Crippen LogP contribution in [0.25, 0.3) is 0 Å². The van der Waals surface area contributed by atoms with E-state index in [2.05, 4.69) is 20.5 Å². The zero-order valence-corrected chi connectivity index (χ0v) is 15.0. The Balaban J connectivity index is 1.47.